The van der Waals surface area contributed by atoms with E-state index >= 15 is 0 Å². The molecule has 2 aromatic rings. The van der Waals surface area contributed by atoms with Gasteiger partial charge in [-0.1, -0.05) is 6.92 Å². The molecule has 1 aromatic heterocycles. The smallest absolute Gasteiger partial charge is 0.126 e. The summed E-state index contributed by atoms with van der Waals surface area (Å²) in [5, 5.41) is 3.17. The van der Waals surface area contributed by atoms with Crippen LogP contribution < -0.4 is 5.32 Å². The average molecular weight is 251 g/mol. The molecule has 0 saturated heterocycles. The standard InChI is InChI=1S/C13H15F2N3/c1-2-16-8-13-17-3-4-18(13)9-10-5-11(14)7-12(15)6-10/h3-7,16H,2,8-9H2,1H3. The Kier molecular flexibility index (Phi) is 4.04. The molecule has 96 valence electrons. The van der Waals surface area contributed by atoms with E-state index in [0.717, 1.165) is 18.4 Å². The Balaban J connectivity index is 2.15. The highest BCUT2D eigenvalue weighted by molar-refractivity contribution is 5.18. The van der Waals surface area contributed by atoms with Crippen LogP contribution in [0.5, 0.6) is 0 Å². The molecule has 0 atom stereocenters. The fourth-order valence-corrected chi connectivity index (χ4v) is 1.79. The third-order valence-corrected chi connectivity index (χ3v) is 2.61. The molecular weight excluding hydrogens is 236 g/mol. The molecule has 1 heterocycles. The normalized spacial score (nSPS) is 10.8. The van der Waals surface area contributed by atoms with E-state index in [2.05, 4.69) is 10.3 Å². The summed E-state index contributed by atoms with van der Waals surface area (Å²) in [6.45, 7) is 3.91. The first-order chi connectivity index (χ1) is 8.69. The van der Waals surface area contributed by atoms with Crippen molar-refractivity contribution >= 4 is 0 Å². The summed E-state index contributed by atoms with van der Waals surface area (Å²) < 4.78 is 28.0. The van der Waals surface area contributed by atoms with Gasteiger partial charge in [0.15, 0.2) is 0 Å². The Labute approximate surface area is 104 Å². The Hall–Kier alpha value is -1.75. The highest BCUT2D eigenvalue weighted by atomic mass is 19.1. The first-order valence-electron chi connectivity index (χ1n) is 5.84. The van der Waals surface area contributed by atoms with E-state index in [0.29, 0.717) is 18.7 Å². The van der Waals surface area contributed by atoms with E-state index < -0.39 is 11.6 Å². The highest BCUT2D eigenvalue weighted by Gasteiger charge is 2.05. The van der Waals surface area contributed by atoms with Crippen LogP contribution in [0.4, 0.5) is 8.78 Å². The van der Waals surface area contributed by atoms with Crippen LogP contribution in [-0.2, 0) is 13.1 Å². The zero-order valence-electron chi connectivity index (χ0n) is 10.2. The van der Waals surface area contributed by atoms with Crippen LogP contribution in [0.25, 0.3) is 0 Å². The van der Waals surface area contributed by atoms with Crippen molar-refractivity contribution in [1.82, 2.24) is 14.9 Å². The van der Waals surface area contributed by atoms with Gasteiger partial charge in [0.1, 0.15) is 17.5 Å². The quantitative estimate of drug-likeness (QED) is 0.883. The maximum absolute atomic E-state index is 13.1. The molecular formula is C13H15F2N3. The summed E-state index contributed by atoms with van der Waals surface area (Å²) in [7, 11) is 0. The molecule has 0 unspecified atom stereocenters. The van der Waals surface area contributed by atoms with Crippen LogP contribution in [0.15, 0.2) is 30.6 Å². The Morgan fingerprint density at radius 1 is 1.22 bits per heavy atom. The average Bonchev–Trinajstić information content (AvgIpc) is 2.72. The third-order valence-electron chi connectivity index (χ3n) is 2.61. The zero-order chi connectivity index (χ0) is 13.0. The van der Waals surface area contributed by atoms with Crippen molar-refractivity contribution in [2.45, 2.75) is 20.0 Å². The van der Waals surface area contributed by atoms with Gasteiger partial charge in [-0.15, -0.1) is 0 Å². The molecule has 3 nitrogen and oxygen atoms in total. The lowest BCUT2D eigenvalue weighted by atomic mass is 10.2. The van der Waals surface area contributed by atoms with Gasteiger partial charge in [0.05, 0.1) is 6.54 Å². The second-order valence-electron chi connectivity index (χ2n) is 4.03. The van der Waals surface area contributed by atoms with Gasteiger partial charge >= 0.3 is 0 Å². The van der Waals surface area contributed by atoms with Crippen molar-refractivity contribution < 1.29 is 8.78 Å². The van der Waals surface area contributed by atoms with Crippen molar-refractivity contribution in [2.24, 2.45) is 0 Å². The van der Waals surface area contributed by atoms with Gasteiger partial charge in [-0.25, -0.2) is 13.8 Å². The van der Waals surface area contributed by atoms with E-state index in [9.17, 15) is 8.78 Å². The summed E-state index contributed by atoms with van der Waals surface area (Å²) in [5.74, 6) is -0.266. The zero-order valence-corrected chi connectivity index (χ0v) is 10.2. The topological polar surface area (TPSA) is 29.9 Å². The Bertz CT molecular complexity index is 502. The van der Waals surface area contributed by atoms with E-state index in [1.165, 1.54) is 12.1 Å². The number of nitrogens with zero attached hydrogens (tertiary/aromatic N) is 2. The van der Waals surface area contributed by atoms with Crippen LogP contribution >= 0.6 is 0 Å². The first-order valence-corrected chi connectivity index (χ1v) is 5.84. The van der Waals surface area contributed by atoms with Gasteiger partial charge in [-0.05, 0) is 24.2 Å². The van der Waals surface area contributed by atoms with Crippen molar-refractivity contribution in [2.75, 3.05) is 6.54 Å². The SMILES string of the molecule is CCNCc1nccn1Cc1cc(F)cc(F)c1. The van der Waals surface area contributed by atoms with Crippen LogP contribution in [0.2, 0.25) is 0 Å². The number of hydrogen-bond acceptors (Lipinski definition) is 2. The number of benzene rings is 1. The maximum atomic E-state index is 13.1. The molecule has 0 saturated carbocycles. The molecule has 0 aliphatic carbocycles. The lowest BCUT2D eigenvalue weighted by Crippen LogP contribution is -2.16. The lowest BCUT2D eigenvalue weighted by Gasteiger charge is -2.08. The van der Waals surface area contributed by atoms with E-state index in [1.807, 2.05) is 11.5 Å². The van der Waals surface area contributed by atoms with Gasteiger partial charge in [0.2, 0.25) is 0 Å². The minimum absolute atomic E-state index is 0.412. The molecule has 0 amide bonds. The monoisotopic (exact) mass is 251 g/mol. The van der Waals surface area contributed by atoms with E-state index in [-0.39, 0.29) is 0 Å². The molecule has 0 spiro atoms. The van der Waals surface area contributed by atoms with Gasteiger partial charge in [-0.2, -0.15) is 0 Å². The molecule has 0 bridgehead atoms. The lowest BCUT2D eigenvalue weighted by molar-refractivity contribution is 0.575. The predicted molar refractivity (Wildman–Crippen MR) is 65.1 cm³/mol. The first kappa shape index (κ1) is 12.7. The van der Waals surface area contributed by atoms with Gasteiger partial charge in [0, 0.05) is 25.0 Å². The molecule has 1 aromatic carbocycles. The number of halogens is 2. The number of nitrogens with one attached hydrogen (secondary N) is 1. The van der Waals surface area contributed by atoms with Crippen LogP contribution in [0, 0.1) is 11.6 Å². The molecule has 2 rings (SSSR count). The van der Waals surface area contributed by atoms with Crippen molar-refractivity contribution in [3.8, 4) is 0 Å². The second-order valence-corrected chi connectivity index (χ2v) is 4.03. The molecule has 0 aliphatic rings. The Morgan fingerprint density at radius 2 is 1.94 bits per heavy atom. The van der Waals surface area contributed by atoms with Crippen LogP contribution in [-0.4, -0.2) is 16.1 Å². The van der Waals surface area contributed by atoms with Crippen molar-refractivity contribution in [3.05, 3.63) is 53.6 Å². The minimum Gasteiger partial charge on any atom is -0.329 e. The van der Waals surface area contributed by atoms with Crippen LogP contribution in [0.1, 0.15) is 18.3 Å². The summed E-state index contributed by atoms with van der Waals surface area (Å²) in [6, 6.07) is 3.54. The fourth-order valence-electron chi connectivity index (χ4n) is 1.79. The highest BCUT2D eigenvalue weighted by Crippen LogP contribution is 2.10. The molecule has 0 aliphatic heterocycles. The third kappa shape index (κ3) is 3.13. The number of aromatic nitrogens is 2. The molecule has 5 heteroatoms. The summed E-state index contributed by atoms with van der Waals surface area (Å²) in [5.41, 5.74) is 0.586. The second kappa shape index (κ2) is 5.73. The minimum atomic E-state index is -0.557. The maximum Gasteiger partial charge on any atom is 0.126 e. The van der Waals surface area contributed by atoms with Gasteiger partial charge in [0.25, 0.3) is 0 Å². The largest absolute Gasteiger partial charge is 0.329 e. The molecule has 0 fully saturated rings. The fraction of sp³-hybridized carbons (Fsp3) is 0.308. The summed E-state index contributed by atoms with van der Waals surface area (Å²) in [6.07, 6.45) is 3.48. The van der Waals surface area contributed by atoms with E-state index in [4.69, 9.17) is 0 Å². The van der Waals surface area contributed by atoms with Gasteiger partial charge < -0.3 is 9.88 Å². The van der Waals surface area contributed by atoms with Crippen molar-refractivity contribution in [3.63, 3.8) is 0 Å². The van der Waals surface area contributed by atoms with Gasteiger partial charge in [-0.3, -0.25) is 0 Å². The molecule has 1 N–H and O–H groups in total. The molecule has 18 heavy (non-hydrogen) atoms. The van der Waals surface area contributed by atoms with E-state index in [1.54, 1.807) is 12.4 Å². The summed E-state index contributed by atoms with van der Waals surface area (Å²) >= 11 is 0. The molecule has 0 radical (unpaired) electrons. The summed E-state index contributed by atoms with van der Waals surface area (Å²) in [4.78, 5) is 4.21. The number of imidazole rings is 1. The number of hydrogen-bond donors (Lipinski definition) is 1. The van der Waals surface area contributed by atoms with Crippen LogP contribution in [0.3, 0.4) is 0 Å². The Morgan fingerprint density at radius 3 is 2.61 bits per heavy atom. The van der Waals surface area contributed by atoms with Crippen molar-refractivity contribution in [1.29, 1.82) is 0 Å². The number of rotatable bonds is 5. The predicted octanol–water partition coefficient (Wildman–Crippen LogP) is 2.32.